The van der Waals surface area contributed by atoms with E-state index in [1.807, 2.05) is 43.5 Å². The molecule has 3 aromatic heterocycles. The minimum Gasteiger partial charge on any atom is -0.481 e. The van der Waals surface area contributed by atoms with Crippen LogP contribution in [0.4, 0.5) is 11.6 Å². The molecule has 5 rings (SSSR count). The Hall–Kier alpha value is -3.78. The number of para-hydroxylation sites is 1. The second-order valence-corrected chi connectivity index (χ2v) is 7.99. The predicted molar refractivity (Wildman–Crippen MR) is 128 cm³/mol. The van der Waals surface area contributed by atoms with Gasteiger partial charge in [0.1, 0.15) is 5.69 Å². The van der Waals surface area contributed by atoms with Gasteiger partial charge in [-0.05, 0) is 37.7 Å². The van der Waals surface area contributed by atoms with Crippen molar-refractivity contribution in [2.24, 2.45) is 0 Å². The summed E-state index contributed by atoms with van der Waals surface area (Å²) >= 11 is 0. The molecule has 0 aliphatic carbocycles. The number of pyridine rings is 2. The summed E-state index contributed by atoms with van der Waals surface area (Å²) in [6.45, 7) is 4.34. The number of rotatable bonds is 6. The van der Waals surface area contributed by atoms with Crippen LogP contribution in [-0.2, 0) is 13.0 Å². The Balaban J connectivity index is 1.57. The van der Waals surface area contributed by atoms with E-state index in [1.165, 1.54) is 5.56 Å². The molecule has 4 aromatic rings. The first-order valence-electron chi connectivity index (χ1n) is 11.0. The van der Waals surface area contributed by atoms with E-state index in [9.17, 15) is 0 Å². The lowest BCUT2D eigenvalue weighted by Gasteiger charge is -2.25. The fraction of sp³-hybridized carbons (Fsp3) is 0.280. The van der Waals surface area contributed by atoms with E-state index < -0.39 is 0 Å². The number of likely N-dealkylation sites (N-methyl/N-ethyl adjacent to an activating group) is 1. The Morgan fingerprint density at radius 3 is 2.79 bits per heavy atom. The van der Waals surface area contributed by atoms with Crippen molar-refractivity contribution in [3.8, 4) is 22.9 Å². The van der Waals surface area contributed by atoms with Crippen LogP contribution >= 0.6 is 0 Å². The molecule has 33 heavy (non-hydrogen) atoms. The molecule has 8 nitrogen and oxygen atoms in total. The maximum absolute atomic E-state index is 5.85. The standard InChI is InChI=1S/C25H26N6O2/c1-4-33-24-21(13-17-15-31(2)12-10-20(17)28-24)29-25-27-14-16-7-5-8-18(22(16)30-25)19-9-6-11-26-23(19)32-3/h5-9,11,13-14H,4,10,12,15H2,1-3H3,(H,27,29,30). The van der Waals surface area contributed by atoms with Crippen LogP contribution in [0.5, 0.6) is 11.8 Å². The summed E-state index contributed by atoms with van der Waals surface area (Å²) in [5.41, 5.74) is 5.66. The average Bonchev–Trinajstić information content (AvgIpc) is 2.84. The zero-order valence-corrected chi connectivity index (χ0v) is 19.0. The van der Waals surface area contributed by atoms with Crippen molar-refractivity contribution in [3.63, 3.8) is 0 Å². The zero-order valence-electron chi connectivity index (χ0n) is 19.0. The van der Waals surface area contributed by atoms with E-state index in [-0.39, 0.29) is 0 Å². The van der Waals surface area contributed by atoms with Crippen molar-refractivity contribution in [1.82, 2.24) is 24.8 Å². The van der Waals surface area contributed by atoms with Crippen LogP contribution in [0.2, 0.25) is 0 Å². The number of aromatic nitrogens is 4. The second kappa shape index (κ2) is 8.99. The fourth-order valence-electron chi connectivity index (χ4n) is 4.14. The summed E-state index contributed by atoms with van der Waals surface area (Å²) in [6, 6.07) is 12.0. The van der Waals surface area contributed by atoms with Gasteiger partial charge in [0.2, 0.25) is 17.7 Å². The number of ether oxygens (including phenoxy) is 2. The molecular formula is C25H26N6O2. The number of nitrogens with zero attached hydrogens (tertiary/aromatic N) is 5. The third-order valence-corrected chi connectivity index (χ3v) is 5.72. The Morgan fingerprint density at radius 2 is 1.94 bits per heavy atom. The number of fused-ring (bicyclic) bond motifs is 2. The molecule has 1 aliphatic rings. The fourth-order valence-corrected chi connectivity index (χ4v) is 4.14. The van der Waals surface area contributed by atoms with Gasteiger partial charge in [0.25, 0.3) is 0 Å². The maximum Gasteiger partial charge on any atom is 0.238 e. The van der Waals surface area contributed by atoms with Crippen molar-refractivity contribution < 1.29 is 9.47 Å². The Morgan fingerprint density at radius 1 is 1.06 bits per heavy atom. The molecule has 1 N–H and O–H groups in total. The highest BCUT2D eigenvalue weighted by atomic mass is 16.5. The third kappa shape index (κ3) is 4.17. The van der Waals surface area contributed by atoms with Crippen LogP contribution in [0, 0.1) is 0 Å². The minimum atomic E-state index is 0.477. The van der Waals surface area contributed by atoms with Crippen LogP contribution in [-0.4, -0.2) is 52.1 Å². The molecule has 8 heteroatoms. The van der Waals surface area contributed by atoms with E-state index in [0.717, 1.165) is 52.9 Å². The van der Waals surface area contributed by atoms with Crippen molar-refractivity contribution in [2.45, 2.75) is 19.9 Å². The molecule has 168 valence electrons. The average molecular weight is 443 g/mol. The SMILES string of the molecule is CCOc1nc2c(cc1Nc1ncc3cccc(-c4cccnc4OC)c3n1)CN(C)CC2. The van der Waals surface area contributed by atoms with E-state index in [1.54, 1.807) is 13.3 Å². The summed E-state index contributed by atoms with van der Waals surface area (Å²) in [4.78, 5) is 20.8. The third-order valence-electron chi connectivity index (χ3n) is 5.72. The number of hydrogen-bond acceptors (Lipinski definition) is 8. The van der Waals surface area contributed by atoms with Crippen molar-refractivity contribution in [1.29, 1.82) is 0 Å². The highest BCUT2D eigenvalue weighted by Crippen LogP contribution is 2.34. The van der Waals surface area contributed by atoms with Crippen LogP contribution in [0.3, 0.4) is 0 Å². The second-order valence-electron chi connectivity index (χ2n) is 7.99. The lowest BCUT2D eigenvalue weighted by molar-refractivity contribution is 0.301. The van der Waals surface area contributed by atoms with Gasteiger partial charge in [0.05, 0.1) is 24.9 Å². The Bertz CT molecular complexity index is 1310. The number of methoxy groups -OCH3 is 1. The largest absolute Gasteiger partial charge is 0.481 e. The minimum absolute atomic E-state index is 0.477. The Labute approximate surface area is 192 Å². The van der Waals surface area contributed by atoms with Gasteiger partial charge >= 0.3 is 0 Å². The molecule has 0 bridgehead atoms. The normalized spacial score (nSPS) is 13.5. The van der Waals surface area contributed by atoms with Gasteiger partial charge in [-0.25, -0.2) is 19.9 Å². The van der Waals surface area contributed by atoms with Crippen LogP contribution < -0.4 is 14.8 Å². The van der Waals surface area contributed by atoms with Crippen molar-refractivity contribution in [3.05, 3.63) is 60.0 Å². The summed E-state index contributed by atoms with van der Waals surface area (Å²) in [5, 5.41) is 4.28. The first kappa shape index (κ1) is 21.1. The topological polar surface area (TPSA) is 85.3 Å². The van der Waals surface area contributed by atoms with E-state index in [4.69, 9.17) is 19.4 Å². The molecule has 0 saturated carbocycles. The molecule has 0 fully saturated rings. The highest BCUT2D eigenvalue weighted by Gasteiger charge is 2.19. The number of nitrogens with one attached hydrogen (secondary N) is 1. The number of anilines is 2. The van der Waals surface area contributed by atoms with Crippen LogP contribution in [0.25, 0.3) is 22.0 Å². The molecule has 0 radical (unpaired) electrons. The van der Waals surface area contributed by atoms with Gasteiger partial charge in [-0.1, -0.05) is 18.2 Å². The predicted octanol–water partition coefficient (Wildman–Crippen LogP) is 4.23. The van der Waals surface area contributed by atoms with E-state index in [2.05, 4.69) is 33.3 Å². The molecule has 0 amide bonds. The summed E-state index contributed by atoms with van der Waals surface area (Å²) < 4.78 is 11.3. The van der Waals surface area contributed by atoms with Gasteiger partial charge in [0.15, 0.2) is 0 Å². The molecule has 1 aliphatic heterocycles. The van der Waals surface area contributed by atoms with Gasteiger partial charge in [0, 0.05) is 48.4 Å². The van der Waals surface area contributed by atoms with Gasteiger partial charge < -0.3 is 19.7 Å². The highest BCUT2D eigenvalue weighted by molar-refractivity contribution is 5.95. The van der Waals surface area contributed by atoms with Crippen molar-refractivity contribution >= 4 is 22.5 Å². The van der Waals surface area contributed by atoms with Crippen LogP contribution in [0.1, 0.15) is 18.2 Å². The molecule has 0 atom stereocenters. The number of benzene rings is 1. The quantitative estimate of drug-likeness (QED) is 0.475. The van der Waals surface area contributed by atoms with Crippen LogP contribution in [0.15, 0.2) is 48.8 Å². The molecular weight excluding hydrogens is 416 g/mol. The summed E-state index contributed by atoms with van der Waals surface area (Å²) in [6.07, 6.45) is 4.44. The number of hydrogen-bond donors (Lipinski definition) is 1. The maximum atomic E-state index is 5.85. The monoisotopic (exact) mass is 442 g/mol. The first-order chi connectivity index (χ1) is 16.2. The van der Waals surface area contributed by atoms with E-state index in [0.29, 0.717) is 24.3 Å². The van der Waals surface area contributed by atoms with Gasteiger partial charge in [-0.2, -0.15) is 0 Å². The first-order valence-corrected chi connectivity index (χ1v) is 11.0. The summed E-state index contributed by atoms with van der Waals surface area (Å²) in [5.74, 6) is 1.61. The molecule has 0 saturated heterocycles. The molecule has 1 aromatic carbocycles. The lowest BCUT2D eigenvalue weighted by atomic mass is 10.0. The summed E-state index contributed by atoms with van der Waals surface area (Å²) in [7, 11) is 3.74. The molecule has 0 unspecified atom stereocenters. The Kier molecular flexibility index (Phi) is 5.75. The molecule has 0 spiro atoms. The van der Waals surface area contributed by atoms with E-state index >= 15 is 0 Å². The lowest BCUT2D eigenvalue weighted by Crippen LogP contribution is -2.27. The van der Waals surface area contributed by atoms with Gasteiger partial charge in [-0.15, -0.1) is 0 Å². The molecule has 4 heterocycles. The smallest absolute Gasteiger partial charge is 0.238 e. The zero-order chi connectivity index (χ0) is 22.8. The van der Waals surface area contributed by atoms with Gasteiger partial charge in [-0.3, -0.25) is 0 Å². The van der Waals surface area contributed by atoms with Crippen molar-refractivity contribution in [2.75, 3.05) is 32.6 Å².